The molecule has 1 aromatic carbocycles. The minimum atomic E-state index is -4.43. The van der Waals surface area contributed by atoms with Crippen LogP contribution in [0.2, 0.25) is 0 Å². The van der Waals surface area contributed by atoms with Crippen LogP contribution in [0.5, 0.6) is 11.6 Å². The molecule has 1 aliphatic rings. The van der Waals surface area contributed by atoms with Gasteiger partial charge in [-0.25, -0.2) is 4.98 Å². The Morgan fingerprint density at radius 1 is 1.23 bits per heavy atom. The fourth-order valence-electron chi connectivity index (χ4n) is 3.23. The number of carbonyl (C=O) groups is 1. The van der Waals surface area contributed by atoms with E-state index in [1.54, 1.807) is 30.1 Å². The number of carbonyl (C=O) groups excluding carboxylic acids is 1. The fraction of sp³-hybridized carbons (Fsp3) is 0.318. The zero-order chi connectivity index (χ0) is 22.2. The van der Waals surface area contributed by atoms with Crippen molar-refractivity contribution in [1.29, 1.82) is 0 Å². The van der Waals surface area contributed by atoms with Crippen LogP contribution in [-0.4, -0.2) is 26.7 Å². The molecule has 9 heteroatoms. The highest BCUT2D eigenvalue weighted by Gasteiger charge is 2.30. The molecule has 0 bridgehead atoms. The van der Waals surface area contributed by atoms with E-state index in [-0.39, 0.29) is 23.6 Å². The van der Waals surface area contributed by atoms with Gasteiger partial charge in [0.1, 0.15) is 5.75 Å². The van der Waals surface area contributed by atoms with E-state index in [4.69, 9.17) is 4.74 Å². The van der Waals surface area contributed by atoms with Crippen molar-refractivity contribution in [2.45, 2.75) is 32.0 Å². The summed E-state index contributed by atoms with van der Waals surface area (Å²) >= 11 is 0. The van der Waals surface area contributed by atoms with Crippen molar-refractivity contribution < 1.29 is 22.7 Å². The zero-order valence-corrected chi connectivity index (χ0v) is 17.0. The minimum Gasteiger partial charge on any atom is -0.438 e. The number of aryl methyl sites for hydroxylation is 1. The molecule has 1 aliphatic carbocycles. The molecule has 0 unspecified atom stereocenters. The number of rotatable bonds is 6. The average molecular weight is 430 g/mol. The Morgan fingerprint density at radius 3 is 2.52 bits per heavy atom. The number of amides is 1. The van der Waals surface area contributed by atoms with Crippen LogP contribution in [0.25, 0.3) is 11.3 Å². The van der Waals surface area contributed by atoms with Crippen LogP contribution in [0.1, 0.15) is 35.7 Å². The van der Waals surface area contributed by atoms with Gasteiger partial charge in [0.15, 0.2) is 0 Å². The Bertz CT molecular complexity index is 1090. The van der Waals surface area contributed by atoms with Crippen molar-refractivity contribution in [3.63, 3.8) is 0 Å². The maximum atomic E-state index is 12.8. The summed E-state index contributed by atoms with van der Waals surface area (Å²) in [6.07, 6.45) is 0.917. The second-order valence-corrected chi connectivity index (χ2v) is 7.68. The lowest BCUT2D eigenvalue weighted by Crippen LogP contribution is -2.34. The number of halogens is 3. The normalized spacial score (nSPS) is 14.9. The summed E-state index contributed by atoms with van der Waals surface area (Å²) in [6, 6.07) is 7.78. The number of aromatic nitrogens is 3. The summed E-state index contributed by atoms with van der Waals surface area (Å²) in [4.78, 5) is 16.9. The molecule has 0 saturated heterocycles. The van der Waals surface area contributed by atoms with Crippen molar-refractivity contribution in [2.24, 2.45) is 13.0 Å². The van der Waals surface area contributed by atoms with Gasteiger partial charge in [0, 0.05) is 25.5 Å². The molecule has 31 heavy (non-hydrogen) atoms. The molecule has 162 valence electrons. The topological polar surface area (TPSA) is 69.0 Å². The van der Waals surface area contributed by atoms with Gasteiger partial charge in [-0.05, 0) is 62.1 Å². The van der Waals surface area contributed by atoms with Gasteiger partial charge in [-0.3, -0.25) is 9.48 Å². The number of benzene rings is 1. The molecule has 1 atom stereocenters. The summed E-state index contributed by atoms with van der Waals surface area (Å²) < 4.78 is 45.7. The van der Waals surface area contributed by atoms with Crippen LogP contribution >= 0.6 is 0 Å². The smallest absolute Gasteiger partial charge is 0.416 e. The first-order valence-corrected chi connectivity index (χ1v) is 9.87. The number of alkyl halides is 3. The van der Waals surface area contributed by atoms with Gasteiger partial charge < -0.3 is 10.1 Å². The molecule has 1 N–H and O–H groups in total. The highest BCUT2D eigenvalue weighted by atomic mass is 19.4. The Labute approximate surface area is 177 Å². The Morgan fingerprint density at radius 2 is 1.94 bits per heavy atom. The Hall–Kier alpha value is -3.36. The number of nitrogens with zero attached hydrogens (tertiary/aromatic N) is 3. The Kier molecular flexibility index (Phi) is 5.43. The summed E-state index contributed by atoms with van der Waals surface area (Å²) in [5.41, 5.74) is 0.580. The molecular formula is C22H21F3N4O2. The Balaban J connectivity index is 1.62. The van der Waals surface area contributed by atoms with E-state index in [1.165, 1.54) is 18.3 Å². The first-order chi connectivity index (χ1) is 14.7. The minimum absolute atomic E-state index is 0.0777. The molecular weight excluding hydrogens is 409 g/mol. The molecule has 1 amide bonds. The lowest BCUT2D eigenvalue weighted by molar-refractivity contribution is -0.137. The molecule has 0 aliphatic heterocycles. The number of ether oxygens (including phenoxy) is 1. The second-order valence-electron chi connectivity index (χ2n) is 7.68. The van der Waals surface area contributed by atoms with Crippen molar-refractivity contribution >= 4 is 5.91 Å². The van der Waals surface area contributed by atoms with Gasteiger partial charge >= 0.3 is 6.18 Å². The van der Waals surface area contributed by atoms with Crippen molar-refractivity contribution in [1.82, 2.24) is 20.1 Å². The van der Waals surface area contributed by atoms with E-state index in [0.717, 1.165) is 25.0 Å². The lowest BCUT2D eigenvalue weighted by Gasteiger charge is -2.14. The first-order valence-electron chi connectivity index (χ1n) is 9.87. The van der Waals surface area contributed by atoms with Gasteiger partial charge in [0.05, 0.1) is 22.4 Å². The van der Waals surface area contributed by atoms with E-state index in [2.05, 4.69) is 15.4 Å². The number of hydrogen-bond acceptors (Lipinski definition) is 4. The predicted molar refractivity (Wildman–Crippen MR) is 108 cm³/mol. The quantitative estimate of drug-likeness (QED) is 0.609. The van der Waals surface area contributed by atoms with Crippen LogP contribution < -0.4 is 10.1 Å². The maximum Gasteiger partial charge on any atom is 0.416 e. The van der Waals surface area contributed by atoms with Gasteiger partial charge in [-0.2, -0.15) is 18.3 Å². The van der Waals surface area contributed by atoms with E-state index >= 15 is 0 Å². The molecule has 4 rings (SSSR count). The maximum absolute atomic E-state index is 12.8. The number of hydrogen-bond donors (Lipinski definition) is 1. The third-order valence-electron chi connectivity index (χ3n) is 5.19. The van der Waals surface area contributed by atoms with Crippen LogP contribution in [0.15, 0.2) is 48.8 Å². The van der Waals surface area contributed by atoms with E-state index in [1.807, 2.05) is 6.92 Å². The standard InChI is InChI=1S/C22H21F3N4O2/c1-13(14-3-4-14)27-20(30)15-11-18(19-9-10-29(2)28-19)21(26-12-15)31-17-7-5-16(6-8-17)22(23,24)25/h5-14H,3-4H2,1-2H3,(H,27,30)/t13-/m1/s1. The lowest BCUT2D eigenvalue weighted by atomic mass is 10.1. The summed E-state index contributed by atoms with van der Waals surface area (Å²) in [5.74, 6) is 0.599. The second kappa shape index (κ2) is 8.05. The van der Waals surface area contributed by atoms with Crippen LogP contribution in [-0.2, 0) is 13.2 Å². The van der Waals surface area contributed by atoms with E-state index in [9.17, 15) is 18.0 Å². The summed E-state index contributed by atoms with van der Waals surface area (Å²) in [6.45, 7) is 1.98. The van der Waals surface area contributed by atoms with Crippen molar-refractivity contribution in [2.75, 3.05) is 0 Å². The van der Waals surface area contributed by atoms with E-state index in [0.29, 0.717) is 22.7 Å². The van der Waals surface area contributed by atoms with Gasteiger partial charge in [0.25, 0.3) is 5.91 Å². The van der Waals surface area contributed by atoms with Gasteiger partial charge in [-0.1, -0.05) is 0 Å². The molecule has 3 aromatic rings. The van der Waals surface area contributed by atoms with Crippen LogP contribution in [0, 0.1) is 5.92 Å². The molecule has 6 nitrogen and oxygen atoms in total. The predicted octanol–water partition coefficient (Wildman–Crippen LogP) is 4.82. The third kappa shape index (κ3) is 4.87. The highest BCUT2D eigenvalue weighted by molar-refractivity contribution is 5.95. The summed E-state index contributed by atoms with van der Waals surface area (Å²) in [5, 5.41) is 7.33. The highest BCUT2D eigenvalue weighted by Crippen LogP contribution is 2.35. The van der Waals surface area contributed by atoms with Gasteiger partial charge in [0.2, 0.25) is 5.88 Å². The SMILES string of the molecule is C[C@@H](NC(=O)c1cnc(Oc2ccc(C(F)(F)F)cc2)c(-c2ccn(C)n2)c1)C1CC1. The molecule has 0 radical (unpaired) electrons. The molecule has 0 spiro atoms. The molecule has 1 fully saturated rings. The molecule has 1 saturated carbocycles. The zero-order valence-electron chi connectivity index (χ0n) is 17.0. The van der Waals surface area contributed by atoms with Crippen molar-refractivity contribution in [3.05, 3.63) is 59.9 Å². The number of pyridine rings is 1. The molecule has 2 heterocycles. The molecule has 2 aromatic heterocycles. The van der Waals surface area contributed by atoms with Crippen molar-refractivity contribution in [3.8, 4) is 22.9 Å². The van der Waals surface area contributed by atoms with Crippen LogP contribution in [0.3, 0.4) is 0 Å². The monoisotopic (exact) mass is 430 g/mol. The van der Waals surface area contributed by atoms with E-state index < -0.39 is 11.7 Å². The van der Waals surface area contributed by atoms with Gasteiger partial charge in [-0.15, -0.1) is 0 Å². The first kappa shape index (κ1) is 20.9. The summed E-state index contributed by atoms with van der Waals surface area (Å²) in [7, 11) is 1.75. The fourth-order valence-corrected chi connectivity index (χ4v) is 3.23. The number of nitrogens with one attached hydrogen (secondary N) is 1. The van der Waals surface area contributed by atoms with Crippen LogP contribution in [0.4, 0.5) is 13.2 Å². The third-order valence-corrected chi connectivity index (χ3v) is 5.19. The average Bonchev–Trinajstić information content (AvgIpc) is 3.49. The largest absolute Gasteiger partial charge is 0.438 e.